The molecule has 0 saturated heterocycles. The van der Waals surface area contributed by atoms with Crippen molar-refractivity contribution in [1.82, 2.24) is 0 Å². The predicted octanol–water partition coefficient (Wildman–Crippen LogP) is 1.78. The normalized spacial score (nSPS) is 13.9. The molecule has 1 aromatic heterocycles. The Morgan fingerprint density at radius 1 is 1.25 bits per heavy atom. The van der Waals surface area contributed by atoms with Crippen molar-refractivity contribution in [2.45, 2.75) is 6.92 Å². The van der Waals surface area contributed by atoms with E-state index in [2.05, 4.69) is 4.74 Å². The van der Waals surface area contributed by atoms with E-state index in [9.17, 15) is 14.4 Å². The number of methoxy groups -OCH3 is 1. The van der Waals surface area contributed by atoms with Crippen LogP contribution in [0.1, 0.15) is 35.3 Å². The Kier molecular flexibility index (Phi) is 2.47. The molecular formula is C11H8O4S. The van der Waals surface area contributed by atoms with E-state index in [1.165, 1.54) is 19.3 Å². The lowest BCUT2D eigenvalue weighted by molar-refractivity contribution is 0.0605. The van der Waals surface area contributed by atoms with Crippen LogP contribution in [0.4, 0.5) is 0 Å². The van der Waals surface area contributed by atoms with Crippen molar-refractivity contribution in [3.63, 3.8) is 0 Å². The van der Waals surface area contributed by atoms with Gasteiger partial charge in [0.05, 0.1) is 12.0 Å². The lowest BCUT2D eigenvalue weighted by Crippen LogP contribution is -2.09. The van der Waals surface area contributed by atoms with Crippen LogP contribution in [0, 0.1) is 6.92 Å². The molecule has 0 radical (unpaired) electrons. The van der Waals surface area contributed by atoms with E-state index < -0.39 is 5.97 Å². The molecule has 1 aromatic rings. The Bertz CT molecular complexity index is 536. The van der Waals surface area contributed by atoms with Crippen molar-refractivity contribution >= 4 is 28.9 Å². The van der Waals surface area contributed by atoms with E-state index in [0.717, 1.165) is 11.3 Å². The molecule has 0 atom stereocenters. The van der Waals surface area contributed by atoms with Crippen LogP contribution in [0.15, 0.2) is 12.2 Å². The zero-order valence-corrected chi connectivity index (χ0v) is 9.51. The third kappa shape index (κ3) is 1.40. The highest BCUT2D eigenvalue weighted by molar-refractivity contribution is 7.16. The minimum atomic E-state index is -0.516. The van der Waals surface area contributed by atoms with E-state index in [0.29, 0.717) is 20.9 Å². The average molecular weight is 236 g/mol. The Balaban J connectivity index is 2.65. The lowest BCUT2D eigenvalue weighted by atomic mass is 9.99. The van der Waals surface area contributed by atoms with Gasteiger partial charge in [0.2, 0.25) is 0 Å². The number of hydrogen-bond donors (Lipinski definition) is 0. The molecule has 16 heavy (non-hydrogen) atoms. The first kappa shape index (κ1) is 10.8. The SMILES string of the molecule is COC(=O)c1sc2c(c1C)C(=O)C=CC2=O. The molecule has 0 spiro atoms. The van der Waals surface area contributed by atoms with Gasteiger partial charge in [0.25, 0.3) is 0 Å². The number of fused-ring (bicyclic) bond motifs is 1. The molecular weight excluding hydrogens is 228 g/mol. The molecule has 1 heterocycles. The van der Waals surface area contributed by atoms with Crippen LogP contribution in [0.5, 0.6) is 0 Å². The molecule has 0 bridgehead atoms. The lowest BCUT2D eigenvalue weighted by Gasteiger charge is -2.03. The number of thiophene rings is 1. The van der Waals surface area contributed by atoms with Crippen LogP contribution in [0.25, 0.3) is 0 Å². The topological polar surface area (TPSA) is 60.4 Å². The summed E-state index contributed by atoms with van der Waals surface area (Å²) < 4.78 is 4.59. The van der Waals surface area contributed by atoms with Crippen LogP contribution in [0.3, 0.4) is 0 Å². The minimum Gasteiger partial charge on any atom is -0.465 e. The first-order chi connectivity index (χ1) is 7.56. The second-order valence-corrected chi connectivity index (χ2v) is 4.33. The zero-order valence-electron chi connectivity index (χ0n) is 8.70. The molecule has 5 heteroatoms. The van der Waals surface area contributed by atoms with Crippen molar-refractivity contribution in [2.24, 2.45) is 0 Å². The molecule has 4 nitrogen and oxygen atoms in total. The molecule has 0 amide bonds. The maximum atomic E-state index is 11.6. The Labute approximate surface area is 95.5 Å². The summed E-state index contributed by atoms with van der Waals surface area (Å²) in [4.78, 5) is 35.2. The molecule has 2 rings (SSSR count). The van der Waals surface area contributed by atoms with Crippen molar-refractivity contribution in [3.8, 4) is 0 Å². The standard InChI is InChI=1S/C11H8O4S/c1-5-8-6(12)3-4-7(13)10(8)16-9(5)11(14)15-2/h3-4H,1-2H3. The molecule has 0 unspecified atom stereocenters. The highest BCUT2D eigenvalue weighted by Crippen LogP contribution is 2.32. The quantitative estimate of drug-likeness (QED) is 0.697. The summed E-state index contributed by atoms with van der Waals surface area (Å²) in [6.07, 6.45) is 2.45. The van der Waals surface area contributed by atoms with Crippen LogP contribution in [-0.2, 0) is 4.74 Å². The number of carbonyl (C=O) groups excluding carboxylic acids is 3. The highest BCUT2D eigenvalue weighted by atomic mass is 32.1. The molecule has 1 aliphatic carbocycles. The van der Waals surface area contributed by atoms with E-state index in [-0.39, 0.29) is 11.6 Å². The van der Waals surface area contributed by atoms with Gasteiger partial charge in [-0.2, -0.15) is 0 Å². The molecule has 0 aromatic carbocycles. The van der Waals surface area contributed by atoms with Crippen LogP contribution < -0.4 is 0 Å². The van der Waals surface area contributed by atoms with Gasteiger partial charge >= 0.3 is 5.97 Å². The number of esters is 1. The summed E-state index contributed by atoms with van der Waals surface area (Å²) in [6, 6.07) is 0. The molecule has 0 N–H and O–H groups in total. The van der Waals surface area contributed by atoms with Crippen LogP contribution in [0.2, 0.25) is 0 Å². The third-order valence-electron chi connectivity index (χ3n) is 2.37. The van der Waals surface area contributed by atoms with Gasteiger partial charge in [-0.25, -0.2) is 4.79 Å². The fourth-order valence-corrected chi connectivity index (χ4v) is 2.73. The smallest absolute Gasteiger partial charge is 0.348 e. The fourth-order valence-electron chi connectivity index (χ4n) is 1.58. The number of carbonyl (C=O) groups is 3. The number of ether oxygens (including phenoxy) is 1. The largest absolute Gasteiger partial charge is 0.465 e. The van der Waals surface area contributed by atoms with Gasteiger partial charge in [-0.1, -0.05) is 0 Å². The molecule has 1 aliphatic rings. The molecule has 82 valence electrons. The zero-order chi connectivity index (χ0) is 11.9. The summed E-state index contributed by atoms with van der Waals surface area (Å²) >= 11 is 1.01. The van der Waals surface area contributed by atoms with Gasteiger partial charge in [-0.3, -0.25) is 9.59 Å². The maximum absolute atomic E-state index is 11.6. The van der Waals surface area contributed by atoms with E-state index in [4.69, 9.17) is 0 Å². The third-order valence-corrected chi connectivity index (χ3v) is 3.66. The molecule has 0 aliphatic heterocycles. The second kappa shape index (κ2) is 3.68. The van der Waals surface area contributed by atoms with E-state index in [1.807, 2.05) is 0 Å². The number of rotatable bonds is 1. The highest BCUT2D eigenvalue weighted by Gasteiger charge is 2.28. The Hall–Kier alpha value is -1.75. The van der Waals surface area contributed by atoms with Crippen molar-refractivity contribution < 1.29 is 19.1 Å². The van der Waals surface area contributed by atoms with Gasteiger partial charge in [-0.05, 0) is 24.6 Å². The van der Waals surface area contributed by atoms with Crippen molar-refractivity contribution in [3.05, 3.63) is 33.0 Å². The minimum absolute atomic E-state index is 0.237. The first-order valence-corrected chi connectivity index (χ1v) is 5.36. The number of ketones is 2. The summed E-state index contributed by atoms with van der Waals surface area (Å²) in [5.41, 5.74) is 0.854. The monoisotopic (exact) mass is 236 g/mol. The van der Waals surface area contributed by atoms with Gasteiger partial charge in [0.15, 0.2) is 11.6 Å². The molecule has 0 saturated carbocycles. The second-order valence-electron chi connectivity index (χ2n) is 3.31. The van der Waals surface area contributed by atoms with Gasteiger partial charge in [0.1, 0.15) is 4.88 Å². The predicted molar refractivity (Wildman–Crippen MR) is 58.2 cm³/mol. The molecule has 0 fully saturated rings. The Morgan fingerprint density at radius 2 is 1.88 bits per heavy atom. The summed E-state index contributed by atoms with van der Waals surface area (Å²) in [7, 11) is 1.27. The fraction of sp³-hybridized carbons (Fsp3) is 0.182. The summed E-state index contributed by atoms with van der Waals surface area (Å²) in [6.45, 7) is 1.64. The van der Waals surface area contributed by atoms with Crippen LogP contribution in [-0.4, -0.2) is 24.6 Å². The van der Waals surface area contributed by atoms with Gasteiger partial charge in [-0.15, -0.1) is 11.3 Å². The van der Waals surface area contributed by atoms with Crippen molar-refractivity contribution in [1.29, 1.82) is 0 Å². The average Bonchev–Trinajstić information content (AvgIpc) is 2.62. The van der Waals surface area contributed by atoms with E-state index in [1.54, 1.807) is 6.92 Å². The summed E-state index contributed by atoms with van der Waals surface area (Å²) in [5, 5.41) is 0. The Morgan fingerprint density at radius 3 is 2.44 bits per heavy atom. The van der Waals surface area contributed by atoms with Crippen LogP contribution >= 0.6 is 11.3 Å². The number of hydrogen-bond acceptors (Lipinski definition) is 5. The van der Waals surface area contributed by atoms with E-state index >= 15 is 0 Å². The number of allylic oxidation sites excluding steroid dienone is 2. The maximum Gasteiger partial charge on any atom is 0.348 e. The van der Waals surface area contributed by atoms with Gasteiger partial charge in [0, 0.05) is 5.56 Å². The van der Waals surface area contributed by atoms with Crippen molar-refractivity contribution in [2.75, 3.05) is 7.11 Å². The van der Waals surface area contributed by atoms with Gasteiger partial charge < -0.3 is 4.74 Å². The first-order valence-electron chi connectivity index (χ1n) is 4.54. The summed E-state index contributed by atoms with van der Waals surface area (Å²) in [5.74, 6) is -0.992.